The summed E-state index contributed by atoms with van der Waals surface area (Å²) in [6, 6.07) is 0. The van der Waals surface area contributed by atoms with Gasteiger partial charge in [-0.2, -0.15) is 0 Å². The highest BCUT2D eigenvalue weighted by Crippen LogP contribution is 2.01. The first-order valence-electron chi connectivity index (χ1n) is 5.87. The predicted octanol–water partition coefficient (Wildman–Crippen LogP) is 4.54. The summed E-state index contributed by atoms with van der Waals surface area (Å²) in [6.07, 6.45) is 11.5. The third kappa shape index (κ3) is 11.6. The van der Waals surface area contributed by atoms with E-state index in [2.05, 4.69) is 25.7 Å². The highest BCUT2D eigenvalue weighted by molar-refractivity contribution is 4.98. The summed E-state index contributed by atoms with van der Waals surface area (Å²) in [5.74, 6) is 6.50. The van der Waals surface area contributed by atoms with Gasteiger partial charge in [0.05, 0.1) is 0 Å². The maximum Gasteiger partial charge on any atom is 0.00886 e. The van der Waals surface area contributed by atoms with Crippen LogP contribution in [-0.2, 0) is 0 Å². The van der Waals surface area contributed by atoms with Gasteiger partial charge in [0.25, 0.3) is 0 Å². The van der Waals surface area contributed by atoms with Crippen molar-refractivity contribution in [3.05, 3.63) is 0 Å². The average Bonchev–Trinajstić information content (AvgIpc) is 2.16. The molecule has 0 aromatic heterocycles. The molecular weight excluding hydrogens is 156 g/mol. The molecule has 0 saturated carbocycles. The minimum atomic E-state index is 1.11. The molecule has 0 saturated heterocycles. The maximum atomic E-state index is 3.25. The molecule has 0 aliphatic heterocycles. The van der Waals surface area contributed by atoms with Crippen LogP contribution in [0.2, 0.25) is 0 Å². The molecule has 0 bridgehead atoms. The highest BCUT2D eigenvalue weighted by Gasteiger charge is 1.84. The van der Waals surface area contributed by atoms with Gasteiger partial charge in [-0.3, -0.25) is 0 Å². The molecule has 0 unspecified atom stereocenters. The third-order valence-electron chi connectivity index (χ3n) is 2.19. The summed E-state index contributed by atoms with van der Waals surface area (Å²) in [7, 11) is 0. The largest absolute Gasteiger partial charge is 0.103 e. The Morgan fingerprint density at radius 1 is 0.615 bits per heavy atom. The molecule has 0 amide bonds. The average molecular weight is 180 g/mol. The minimum absolute atomic E-state index is 1.11. The molecule has 0 atom stereocenters. The first-order valence-corrected chi connectivity index (χ1v) is 5.87. The second-order valence-corrected chi connectivity index (χ2v) is 3.62. The molecule has 0 nitrogen and oxygen atoms in total. The fraction of sp³-hybridized carbons (Fsp3) is 0.846. The number of hydrogen-bond acceptors (Lipinski definition) is 0. The molecular formula is C13H24. The summed E-state index contributed by atoms with van der Waals surface area (Å²) >= 11 is 0. The second-order valence-electron chi connectivity index (χ2n) is 3.62. The van der Waals surface area contributed by atoms with E-state index < -0.39 is 0 Å². The van der Waals surface area contributed by atoms with Crippen molar-refractivity contribution in [1.82, 2.24) is 0 Å². The molecule has 0 rings (SSSR count). The highest BCUT2D eigenvalue weighted by atomic mass is 13.9. The predicted molar refractivity (Wildman–Crippen MR) is 60.7 cm³/mol. The zero-order valence-electron chi connectivity index (χ0n) is 9.36. The Morgan fingerprint density at radius 2 is 1.08 bits per heavy atom. The van der Waals surface area contributed by atoms with Crippen LogP contribution in [0.25, 0.3) is 0 Å². The zero-order valence-corrected chi connectivity index (χ0v) is 9.36. The Bertz CT molecular complexity index is 136. The standard InChI is InChI=1S/C13H24/c1-3-5-7-9-11-13-12-10-8-6-4-2/h3-11H2,1-2H3. The lowest BCUT2D eigenvalue weighted by atomic mass is 10.1. The fourth-order valence-electron chi connectivity index (χ4n) is 1.28. The summed E-state index contributed by atoms with van der Waals surface area (Å²) in [5, 5.41) is 0. The third-order valence-corrected chi connectivity index (χ3v) is 2.19. The molecule has 0 aromatic carbocycles. The lowest BCUT2D eigenvalue weighted by Crippen LogP contribution is -1.75. The molecule has 0 aliphatic rings. The van der Waals surface area contributed by atoms with Gasteiger partial charge >= 0.3 is 0 Å². The van der Waals surface area contributed by atoms with Crippen molar-refractivity contribution in [2.75, 3.05) is 0 Å². The van der Waals surface area contributed by atoms with Crippen LogP contribution in [0, 0.1) is 11.8 Å². The fourth-order valence-corrected chi connectivity index (χ4v) is 1.28. The molecule has 0 N–H and O–H groups in total. The zero-order chi connectivity index (χ0) is 9.78. The van der Waals surface area contributed by atoms with Crippen molar-refractivity contribution in [2.24, 2.45) is 0 Å². The first kappa shape index (κ1) is 12.6. The number of hydrogen-bond donors (Lipinski definition) is 0. The molecule has 0 fully saturated rings. The number of unbranched alkanes of at least 4 members (excludes halogenated alkanes) is 7. The Labute approximate surface area is 84.1 Å². The van der Waals surface area contributed by atoms with E-state index >= 15 is 0 Å². The Hall–Kier alpha value is -0.440. The SMILES string of the molecule is CCCCCC#CCCCCCC. The van der Waals surface area contributed by atoms with Gasteiger partial charge in [-0.15, -0.1) is 11.8 Å². The summed E-state index contributed by atoms with van der Waals surface area (Å²) in [5.41, 5.74) is 0. The van der Waals surface area contributed by atoms with E-state index in [0.717, 1.165) is 12.8 Å². The summed E-state index contributed by atoms with van der Waals surface area (Å²) in [6.45, 7) is 4.48. The van der Waals surface area contributed by atoms with Gasteiger partial charge in [-0.25, -0.2) is 0 Å². The molecule has 0 heterocycles. The van der Waals surface area contributed by atoms with E-state index in [0.29, 0.717) is 0 Å². The van der Waals surface area contributed by atoms with Crippen molar-refractivity contribution < 1.29 is 0 Å². The monoisotopic (exact) mass is 180 g/mol. The van der Waals surface area contributed by atoms with Gasteiger partial charge in [-0.05, 0) is 12.8 Å². The van der Waals surface area contributed by atoms with E-state index in [1.165, 1.54) is 44.9 Å². The smallest absolute Gasteiger partial charge is 0.00886 e. The van der Waals surface area contributed by atoms with Crippen LogP contribution in [0.15, 0.2) is 0 Å². The summed E-state index contributed by atoms with van der Waals surface area (Å²) < 4.78 is 0. The topological polar surface area (TPSA) is 0 Å². The van der Waals surface area contributed by atoms with Crippen molar-refractivity contribution >= 4 is 0 Å². The first-order chi connectivity index (χ1) is 6.41. The lowest BCUT2D eigenvalue weighted by molar-refractivity contribution is 0.679. The molecule has 13 heavy (non-hydrogen) atoms. The van der Waals surface area contributed by atoms with Crippen molar-refractivity contribution in [3.8, 4) is 11.8 Å². The number of rotatable bonds is 7. The van der Waals surface area contributed by atoms with E-state index in [1.807, 2.05) is 0 Å². The molecule has 0 heteroatoms. The van der Waals surface area contributed by atoms with Crippen LogP contribution in [0.3, 0.4) is 0 Å². The van der Waals surface area contributed by atoms with Gasteiger partial charge in [-0.1, -0.05) is 46.0 Å². The van der Waals surface area contributed by atoms with Gasteiger partial charge < -0.3 is 0 Å². The Kier molecular flexibility index (Phi) is 11.2. The summed E-state index contributed by atoms with van der Waals surface area (Å²) in [4.78, 5) is 0. The molecule has 0 aromatic rings. The van der Waals surface area contributed by atoms with Gasteiger partial charge in [0, 0.05) is 12.8 Å². The van der Waals surface area contributed by atoms with Crippen molar-refractivity contribution in [1.29, 1.82) is 0 Å². The van der Waals surface area contributed by atoms with Gasteiger partial charge in [0.1, 0.15) is 0 Å². The van der Waals surface area contributed by atoms with Crippen LogP contribution < -0.4 is 0 Å². The van der Waals surface area contributed by atoms with Crippen LogP contribution in [-0.4, -0.2) is 0 Å². The molecule has 0 spiro atoms. The van der Waals surface area contributed by atoms with Gasteiger partial charge in [0.15, 0.2) is 0 Å². The molecule has 0 radical (unpaired) electrons. The minimum Gasteiger partial charge on any atom is -0.103 e. The van der Waals surface area contributed by atoms with Crippen LogP contribution >= 0.6 is 0 Å². The van der Waals surface area contributed by atoms with Gasteiger partial charge in [0.2, 0.25) is 0 Å². The maximum absolute atomic E-state index is 3.25. The van der Waals surface area contributed by atoms with Crippen LogP contribution in [0.1, 0.15) is 71.6 Å². The normalized spacial score (nSPS) is 9.38. The molecule has 0 aliphatic carbocycles. The van der Waals surface area contributed by atoms with E-state index in [-0.39, 0.29) is 0 Å². The lowest BCUT2D eigenvalue weighted by Gasteiger charge is -1.92. The Morgan fingerprint density at radius 3 is 1.62 bits per heavy atom. The van der Waals surface area contributed by atoms with Crippen molar-refractivity contribution in [2.45, 2.75) is 71.6 Å². The van der Waals surface area contributed by atoms with Crippen LogP contribution in [0.5, 0.6) is 0 Å². The second kappa shape index (κ2) is 11.6. The molecule has 76 valence electrons. The quantitative estimate of drug-likeness (QED) is 0.398. The van der Waals surface area contributed by atoms with Crippen LogP contribution in [0.4, 0.5) is 0 Å². The van der Waals surface area contributed by atoms with E-state index in [9.17, 15) is 0 Å². The Balaban J connectivity index is 3.02. The van der Waals surface area contributed by atoms with E-state index in [1.54, 1.807) is 0 Å². The van der Waals surface area contributed by atoms with Crippen molar-refractivity contribution in [3.63, 3.8) is 0 Å². The van der Waals surface area contributed by atoms with E-state index in [4.69, 9.17) is 0 Å².